The number of H-pyrrole nitrogens is 1. The summed E-state index contributed by atoms with van der Waals surface area (Å²) in [5.74, 6) is -0.525. The van der Waals surface area contributed by atoms with Gasteiger partial charge in [0.05, 0.1) is 0 Å². The topological polar surface area (TPSA) is 121 Å². The van der Waals surface area contributed by atoms with Crippen molar-refractivity contribution < 1.29 is 14.8 Å². The number of hydrogen-bond acceptors (Lipinski definition) is 4. The monoisotopic (exact) mass is 398 g/mol. The Hall–Kier alpha value is -3.42. The molecule has 3 aromatic rings. The van der Waals surface area contributed by atoms with Crippen LogP contribution in [0.2, 0.25) is 0 Å². The fraction of sp³-hybridized carbons (Fsp3) is 0.0500. The Morgan fingerprint density at radius 1 is 1.11 bits per heavy atom. The van der Waals surface area contributed by atoms with Gasteiger partial charge in [0.25, 0.3) is 11.8 Å². The second-order valence-corrected chi connectivity index (χ2v) is 5.87. The third kappa shape index (κ3) is 5.06. The summed E-state index contributed by atoms with van der Waals surface area (Å²) >= 11 is 0. The molecule has 144 valence electrons. The zero-order valence-corrected chi connectivity index (χ0v) is 15.6. The minimum atomic E-state index is -0.595. The van der Waals surface area contributed by atoms with Crippen LogP contribution in [0.5, 0.6) is 0 Å². The van der Waals surface area contributed by atoms with E-state index in [0.717, 1.165) is 16.7 Å². The molecule has 28 heavy (non-hydrogen) atoms. The third-order valence-corrected chi connectivity index (χ3v) is 3.94. The number of hydrogen-bond donors (Lipinski definition) is 4. The first kappa shape index (κ1) is 20.9. The molecule has 8 heteroatoms. The average Bonchev–Trinajstić information content (AvgIpc) is 3.12. The maximum Gasteiger partial charge on any atom is 0.267 e. The average molecular weight is 399 g/mol. The van der Waals surface area contributed by atoms with Crippen LogP contribution in [0.1, 0.15) is 27.4 Å². The second kappa shape index (κ2) is 9.50. The molecule has 0 aliphatic rings. The smallest absolute Gasteiger partial charge is 0.267 e. The largest absolute Gasteiger partial charge is 0.364 e. The number of hydroxylamine groups is 1. The SMILES string of the molecule is Cl.NC(=O)c1[nH]c(Cc2ccc(/C=C/C(=O)NO)cc2)nc1-c1ccccc1. The lowest BCUT2D eigenvalue weighted by molar-refractivity contribution is -0.124. The van der Waals surface area contributed by atoms with E-state index in [1.165, 1.54) is 11.6 Å². The van der Waals surface area contributed by atoms with Crippen LogP contribution in [0.4, 0.5) is 0 Å². The van der Waals surface area contributed by atoms with Crippen molar-refractivity contribution in [2.45, 2.75) is 6.42 Å². The summed E-state index contributed by atoms with van der Waals surface area (Å²) in [5, 5.41) is 8.47. The van der Waals surface area contributed by atoms with Crippen molar-refractivity contribution in [3.8, 4) is 11.3 Å². The molecule has 0 aliphatic carbocycles. The van der Waals surface area contributed by atoms with Gasteiger partial charge in [0, 0.05) is 18.1 Å². The number of nitrogens with one attached hydrogen (secondary N) is 2. The highest BCUT2D eigenvalue weighted by Crippen LogP contribution is 2.22. The van der Waals surface area contributed by atoms with Crippen LogP contribution >= 0.6 is 12.4 Å². The molecule has 0 bridgehead atoms. The highest BCUT2D eigenvalue weighted by Gasteiger charge is 2.16. The van der Waals surface area contributed by atoms with Gasteiger partial charge < -0.3 is 10.7 Å². The van der Waals surface area contributed by atoms with Gasteiger partial charge >= 0.3 is 0 Å². The molecule has 0 radical (unpaired) electrons. The lowest BCUT2D eigenvalue weighted by atomic mass is 10.1. The molecule has 3 rings (SSSR count). The summed E-state index contributed by atoms with van der Waals surface area (Å²) in [6.45, 7) is 0. The predicted molar refractivity (Wildman–Crippen MR) is 108 cm³/mol. The quantitative estimate of drug-likeness (QED) is 0.290. The Labute approximate surface area is 167 Å². The number of amides is 2. The molecule has 7 nitrogen and oxygen atoms in total. The summed E-state index contributed by atoms with van der Waals surface area (Å²) in [7, 11) is 0. The first-order valence-electron chi connectivity index (χ1n) is 8.22. The lowest BCUT2D eigenvalue weighted by Crippen LogP contribution is -2.14. The Bertz CT molecular complexity index is 982. The lowest BCUT2D eigenvalue weighted by Gasteiger charge is -2.00. The zero-order chi connectivity index (χ0) is 19.2. The standard InChI is InChI=1S/C20H18N4O3.ClH/c21-20(26)19-18(15-4-2-1-3-5-15)22-16(23-19)12-14-8-6-13(7-9-14)10-11-17(25)24-27;/h1-11,27H,12H2,(H2,21,26)(H,22,23)(H,24,25);1H/b11-10+;. The maximum absolute atomic E-state index is 11.8. The van der Waals surface area contributed by atoms with Gasteiger partial charge in [0.1, 0.15) is 17.2 Å². The van der Waals surface area contributed by atoms with Crippen LogP contribution in [0, 0.1) is 0 Å². The van der Waals surface area contributed by atoms with Crippen LogP contribution in [-0.2, 0) is 11.2 Å². The Balaban J connectivity index is 0.00000280. The Kier molecular flexibility index (Phi) is 7.08. The van der Waals surface area contributed by atoms with E-state index in [9.17, 15) is 9.59 Å². The number of imidazole rings is 1. The summed E-state index contributed by atoms with van der Waals surface area (Å²) in [6.07, 6.45) is 3.31. The van der Waals surface area contributed by atoms with Gasteiger partial charge in [-0.05, 0) is 17.2 Å². The minimum Gasteiger partial charge on any atom is -0.364 e. The van der Waals surface area contributed by atoms with Crippen LogP contribution in [0.25, 0.3) is 17.3 Å². The molecular weight excluding hydrogens is 380 g/mol. The van der Waals surface area contributed by atoms with E-state index in [4.69, 9.17) is 10.9 Å². The molecular formula is C20H19ClN4O3. The molecule has 5 N–H and O–H groups in total. The van der Waals surface area contributed by atoms with E-state index in [1.54, 1.807) is 6.08 Å². The maximum atomic E-state index is 11.8. The number of primary amides is 1. The van der Waals surface area contributed by atoms with Crippen molar-refractivity contribution in [2.24, 2.45) is 5.73 Å². The van der Waals surface area contributed by atoms with E-state index in [0.29, 0.717) is 17.9 Å². The number of rotatable bonds is 6. The summed E-state index contributed by atoms with van der Waals surface area (Å²) in [6, 6.07) is 16.8. The van der Waals surface area contributed by atoms with Crippen LogP contribution < -0.4 is 11.2 Å². The summed E-state index contributed by atoms with van der Waals surface area (Å²) in [4.78, 5) is 30.3. The highest BCUT2D eigenvalue weighted by molar-refractivity contribution is 5.97. The van der Waals surface area contributed by atoms with Crippen molar-refractivity contribution in [2.75, 3.05) is 0 Å². The highest BCUT2D eigenvalue weighted by atomic mass is 35.5. The molecule has 1 heterocycles. The van der Waals surface area contributed by atoms with Crippen molar-refractivity contribution in [3.05, 3.63) is 83.3 Å². The van der Waals surface area contributed by atoms with Gasteiger partial charge in [-0.1, -0.05) is 54.6 Å². The summed E-state index contributed by atoms with van der Waals surface area (Å²) in [5.41, 5.74) is 10.4. The van der Waals surface area contributed by atoms with E-state index >= 15 is 0 Å². The number of nitrogens with two attached hydrogens (primary N) is 1. The molecule has 0 saturated heterocycles. The molecule has 0 aliphatic heterocycles. The van der Waals surface area contributed by atoms with Gasteiger partial charge in [0.15, 0.2) is 0 Å². The van der Waals surface area contributed by atoms with E-state index in [-0.39, 0.29) is 18.1 Å². The van der Waals surface area contributed by atoms with E-state index in [1.807, 2.05) is 54.6 Å². The second-order valence-electron chi connectivity index (χ2n) is 5.87. The first-order valence-corrected chi connectivity index (χ1v) is 8.22. The molecule has 0 saturated carbocycles. The number of benzene rings is 2. The first-order chi connectivity index (χ1) is 13.1. The van der Waals surface area contributed by atoms with E-state index < -0.39 is 11.8 Å². The van der Waals surface area contributed by atoms with Crippen molar-refractivity contribution in [1.82, 2.24) is 15.4 Å². The predicted octanol–water partition coefficient (Wildman–Crippen LogP) is 2.71. The van der Waals surface area contributed by atoms with Crippen LogP contribution in [-0.4, -0.2) is 27.0 Å². The van der Waals surface area contributed by atoms with Crippen molar-refractivity contribution >= 4 is 30.3 Å². The normalized spacial score (nSPS) is 10.5. The van der Waals surface area contributed by atoms with Gasteiger partial charge in [-0.2, -0.15) is 0 Å². The number of halogens is 1. The fourth-order valence-electron chi connectivity index (χ4n) is 2.64. The molecule has 0 atom stereocenters. The van der Waals surface area contributed by atoms with Gasteiger partial charge in [-0.25, -0.2) is 10.5 Å². The molecule has 2 aromatic carbocycles. The van der Waals surface area contributed by atoms with Gasteiger partial charge in [-0.3, -0.25) is 14.8 Å². The minimum absolute atomic E-state index is 0. The molecule has 1 aromatic heterocycles. The van der Waals surface area contributed by atoms with Crippen molar-refractivity contribution in [3.63, 3.8) is 0 Å². The number of aromatic amines is 1. The van der Waals surface area contributed by atoms with Crippen LogP contribution in [0.15, 0.2) is 60.7 Å². The number of nitrogens with zero attached hydrogens (tertiary/aromatic N) is 1. The third-order valence-electron chi connectivity index (χ3n) is 3.94. The van der Waals surface area contributed by atoms with Gasteiger partial charge in [0.2, 0.25) is 0 Å². The van der Waals surface area contributed by atoms with E-state index in [2.05, 4.69) is 9.97 Å². The number of aromatic nitrogens is 2. The van der Waals surface area contributed by atoms with Crippen molar-refractivity contribution in [1.29, 1.82) is 0 Å². The number of carbonyl (C=O) groups excluding carboxylic acids is 2. The van der Waals surface area contributed by atoms with Crippen LogP contribution in [0.3, 0.4) is 0 Å². The number of carbonyl (C=O) groups is 2. The zero-order valence-electron chi connectivity index (χ0n) is 14.8. The molecule has 0 fully saturated rings. The molecule has 2 amide bonds. The molecule has 0 unspecified atom stereocenters. The fourth-order valence-corrected chi connectivity index (χ4v) is 2.64. The summed E-state index contributed by atoms with van der Waals surface area (Å²) < 4.78 is 0. The molecule has 0 spiro atoms. The Morgan fingerprint density at radius 3 is 2.39 bits per heavy atom. The Morgan fingerprint density at radius 2 is 1.79 bits per heavy atom. The van der Waals surface area contributed by atoms with Gasteiger partial charge in [-0.15, -0.1) is 12.4 Å².